The fraction of sp³-hybridized carbons (Fsp3) is 0.238. The van der Waals surface area contributed by atoms with Gasteiger partial charge in [-0.25, -0.2) is 4.98 Å². The molecule has 0 fully saturated rings. The number of thioether (sulfide) groups is 1. The zero-order chi connectivity index (χ0) is 19.8. The van der Waals surface area contributed by atoms with E-state index in [1.54, 1.807) is 7.11 Å². The van der Waals surface area contributed by atoms with E-state index >= 15 is 0 Å². The van der Waals surface area contributed by atoms with Crippen molar-refractivity contribution >= 4 is 29.3 Å². The molecule has 7 heteroatoms. The van der Waals surface area contributed by atoms with E-state index in [1.165, 1.54) is 11.8 Å². The van der Waals surface area contributed by atoms with Crippen LogP contribution in [-0.4, -0.2) is 41.5 Å². The summed E-state index contributed by atoms with van der Waals surface area (Å²) in [7, 11) is 1.65. The first kappa shape index (κ1) is 20.5. The van der Waals surface area contributed by atoms with Crippen LogP contribution < -0.4 is 5.32 Å². The van der Waals surface area contributed by atoms with E-state index in [2.05, 4.69) is 10.3 Å². The van der Waals surface area contributed by atoms with E-state index in [9.17, 15) is 4.79 Å². The van der Waals surface area contributed by atoms with E-state index in [0.717, 1.165) is 28.5 Å². The number of aromatic nitrogens is 2. The zero-order valence-electron chi connectivity index (χ0n) is 15.6. The van der Waals surface area contributed by atoms with E-state index in [-0.39, 0.29) is 5.91 Å². The van der Waals surface area contributed by atoms with Crippen LogP contribution in [0.1, 0.15) is 6.42 Å². The summed E-state index contributed by atoms with van der Waals surface area (Å²) in [6.07, 6.45) is 2.62. The van der Waals surface area contributed by atoms with Gasteiger partial charge >= 0.3 is 0 Å². The Hall–Kier alpha value is -2.28. The van der Waals surface area contributed by atoms with Crippen molar-refractivity contribution in [2.24, 2.45) is 0 Å². The van der Waals surface area contributed by atoms with E-state index in [4.69, 9.17) is 16.3 Å². The number of ether oxygens (including phenoxy) is 1. The maximum Gasteiger partial charge on any atom is 0.230 e. The lowest BCUT2D eigenvalue weighted by Gasteiger charge is -2.12. The average Bonchev–Trinajstić information content (AvgIpc) is 3.14. The maximum atomic E-state index is 12.1. The molecule has 0 saturated carbocycles. The summed E-state index contributed by atoms with van der Waals surface area (Å²) in [5.74, 6) is 0.265. The first-order chi connectivity index (χ1) is 13.7. The smallest absolute Gasteiger partial charge is 0.230 e. The van der Waals surface area contributed by atoms with E-state index in [1.807, 2.05) is 65.4 Å². The Morgan fingerprint density at radius 3 is 2.79 bits per heavy atom. The lowest BCUT2D eigenvalue weighted by molar-refractivity contribution is -0.118. The fourth-order valence-corrected chi connectivity index (χ4v) is 3.75. The molecule has 0 saturated heterocycles. The van der Waals surface area contributed by atoms with Gasteiger partial charge in [0.25, 0.3) is 0 Å². The molecule has 1 heterocycles. The van der Waals surface area contributed by atoms with Crippen molar-refractivity contribution in [1.29, 1.82) is 0 Å². The molecular formula is C21H22ClN3O2S. The minimum Gasteiger partial charge on any atom is -0.385 e. The molecular weight excluding hydrogens is 394 g/mol. The number of nitrogens with zero attached hydrogens (tertiary/aromatic N) is 2. The molecule has 146 valence electrons. The van der Waals surface area contributed by atoms with Gasteiger partial charge in [0.1, 0.15) is 0 Å². The third-order valence-corrected chi connectivity index (χ3v) is 5.23. The van der Waals surface area contributed by atoms with Crippen LogP contribution in [0.25, 0.3) is 16.9 Å². The number of halogens is 1. The van der Waals surface area contributed by atoms with Gasteiger partial charge in [-0.1, -0.05) is 59.8 Å². The van der Waals surface area contributed by atoms with Gasteiger partial charge < -0.3 is 10.1 Å². The van der Waals surface area contributed by atoms with Gasteiger partial charge in [-0.05, 0) is 24.6 Å². The van der Waals surface area contributed by atoms with Crippen molar-refractivity contribution in [3.8, 4) is 16.9 Å². The number of hydrogen-bond acceptors (Lipinski definition) is 4. The molecule has 3 rings (SSSR count). The molecule has 5 nitrogen and oxygen atoms in total. The topological polar surface area (TPSA) is 56.1 Å². The molecule has 0 aliphatic rings. The van der Waals surface area contributed by atoms with Crippen molar-refractivity contribution in [2.75, 3.05) is 26.0 Å². The zero-order valence-corrected chi connectivity index (χ0v) is 17.2. The number of carbonyl (C=O) groups is 1. The summed E-state index contributed by atoms with van der Waals surface area (Å²) in [5, 5.41) is 4.29. The summed E-state index contributed by atoms with van der Waals surface area (Å²) in [5.41, 5.74) is 2.91. The summed E-state index contributed by atoms with van der Waals surface area (Å²) >= 11 is 7.61. The Bertz CT molecular complexity index is 915. The van der Waals surface area contributed by atoms with Crippen LogP contribution in [0, 0.1) is 0 Å². The van der Waals surface area contributed by atoms with Gasteiger partial charge in [-0.15, -0.1) is 0 Å². The van der Waals surface area contributed by atoms with Crippen molar-refractivity contribution in [2.45, 2.75) is 11.6 Å². The second-order valence-electron chi connectivity index (χ2n) is 6.09. The van der Waals surface area contributed by atoms with Crippen LogP contribution in [0.2, 0.25) is 5.02 Å². The lowest BCUT2D eigenvalue weighted by atomic mass is 10.1. The van der Waals surface area contributed by atoms with Crippen LogP contribution >= 0.6 is 23.4 Å². The highest BCUT2D eigenvalue weighted by Gasteiger charge is 2.15. The molecule has 0 unspecified atom stereocenters. The van der Waals surface area contributed by atoms with Crippen LogP contribution in [0.5, 0.6) is 0 Å². The Kier molecular flexibility index (Phi) is 7.54. The largest absolute Gasteiger partial charge is 0.385 e. The third-order valence-electron chi connectivity index (χ3n) is 4.05. The van der Waals surface area contributed by atoms with E-state index in [0.29, 0.717) is 23.9 Å². The van der Waals surface area contributed by atoms with Gasteiger partial charge in [0.15, 0.2) is 5.16 Å². The van der Waals surface area contributed by atoms with Crippen molar-refractivity contribution in [3.05, 3.63) is 65.8 Å². The van der Waals surface area contributed by atoms with Gasteiger partial charge in [-0.2, -0.15) is 0 Å². The fourth-order valence-electron chi connectivity index (χ4n) is 2.74. The van der Waals surface area contributed by atoms with Crippen molar-refractivity contribution in [3.63, 3.8) is 0 Å². The number of carbonyl (C=O) groups excluding carboxylic acids is 1. The number of imidazole rings is 1. The highest BCUT2D eigenvalue weighted by atomic mass is 35.5. The number of nitrogens with one attached hydrogen (secondary N) is 1. The second-order valence-corrected chi connectivity index (χ2v) is 7.47. The SMILES string of the molecule is COCCCNC(=O)CSc1ncc(-c2ccccc2)n1-c1cccc(Cl)c1. The lowest BCUT2D eigenvalue weighted by Crippen LogP contribution is -2.26. The minimum atomic E-state index is -0.0250. The van der Waals surface area contributed by atoms with Gasteiger partial charge in [0.05, 0.1) is 17.6 Å². The predicted molar refractivity (Wildman–Crippen MR) is 114 cm³/mol. The molecule has 1 N–H and O–H groups in total. The first-order valence-electron chi connectivity index (χ1n) is 8.96. The highest BCUT2D eigenvalue weighted by molar-refractivity contribution is 7.99. The van der Waals surface area contributed by atoms with Gasteiger partial charge in [0, 0.05) is 36.5 Å². The van der Waals surface area contributed by atoms with Crippen molar-refractivity contribution < 1.29 is 9.53 Å². The minimum absolute atomic E-state index is 0.0250. The number of amides is 1. The second kappa shape index (κ2) is 10.3. The van der Waals surface area contributed by atoms with Gasteiger partial charge in [-0.3, -0.25) is 9.36 Å². The Morgan fingerprint density at radius 1 is 1.21 bits per heavy atom. The summed E-state index contributed by atoms with van der Waals surface area (Å²) < 4.78 is 7.02. The monoisotopic (exact) mass is 415 g/mol. The van der Waals surface area contributed by atoms with E-state index < -0.39 is 0 Å². The quantitative estimate of drug-likeness (QED) is 0.414. The Labute approximate surface area is 174 Å². The maximum absolute atomic E-state index is 12.1. The van der Waals surface area contributed by atoms with Gasteiger partial charge in [0.2, 0.25) is 5.91 Å². The third kappa shape index (κ3) is 5.38. The van der Waals surface area contributed by atoms with Crippen LogP contribution in [-0.2, 0) is 9.53 Å². The molecule has 0 radical (unpaired) electrons. The van der Waals surface area contributed by atoms with Crippen LogP contribution in [0.3, 0.4) is 0 Å². The summed E-state index contributed by atoms with van der Waals surface area (Å²) in [6.45, 7) is 1.23. The Morgan fingerprint density at radius 2 is 2.04 bits per heavy atom. The molecule has 2 aromatic carbocycles. The van der Waals surface area contributed by atoms with Crippen LogP contribution in [0.15, 0.2) is 66.0 Å². The number of hydrogen-bond donors (Lipinski definition) is 1. The highest BCUT2D eigenvalue weighted by Crippen LogP contribution is 2.30. The normalized spacial score (nSPS) is 10.8. The summed E-state index contributed by atoms with van der Waals surface area (Å²) in [4.78, 5) is 16.7. The molecule has 28 heavy (non-hydrogen) atoms. The number of benzene rings is 2. The number of rotatable bonds is 9. The molecule has 0 aliphatic carbocycles. The predicted octanol–water partition coefficient (Wildman–Crippen LogP) is 4.44. The average molecular weight is 416 g/mol. The molecule has 1 amide bonds. The molecule has 0 bridgehead atoms. The molecule has 1 aromatic heterocycles. The first-order valence-corrected chi connectivity index (χ1v) is 10.3. The molecule has 3 aromatic rings. The molecule has 0 spiro atoms. The van der Waals surface area contributed by atoms with Crippen LogP contribution in [0.4, 0.5) is 0 Å². The number of methoxy groups -OCH3 is 1. The standard InChI is InChI=1S/C21H22ClN3O2S/c1-27-12-6-11-23-20(26)15-28-21-24-14-19(16-7-3-2-4-8-16)25(21)18-10-5-9-17(22)13-18/h2-5,7-10,13-14H,6,11-12,15H2,1H3,(H,23,26). The molecule has 0 aliphatic heterocycles. The molecule has 0 atom stereocenters. The summed E-state index contributed by atoms with van der Waals surface area (Å²) in [6, 6.07) is 17.7. The Balaban J connectivity index is 1.81. The van der Waals surface area contributed by atoms with Crippen molar-refractivity contribution in [1.82, 2.24) is 14.9 Å².